The maximum absolute atomic E-state index is 2.44. The van der Waals surface area contributed by atoms with Gasteiger partial charge in [-0.15, -0.1) is 0 Å². The summed E-state index contributed by atoms with van der Waals surface area (Å²) in [4.78, 5) is 0. The van der Waals surface area contributed by atoms with E-state index in [9.17, 15) is 0 Å². The molecular weight excluding hydrogens is 525 g/mol. The van der Waals surface area contributed by atoms with Gasteiger partial charge < -0.3 is 0 Å². The van der Waals surface area contributed by atoms with Gasteiger partial charge in [-0.2, -0.15) is 0 Å². The van der Waals surface area contributed by atoms with Crippen LogP contribution in [0, 0.1) is 0 Å². The zero-order valence-corrected chi connectivity index (χ0v) is 21.9. The molecule has 0 nitrogen and oxygen atoms in total. The molecule has 0 aliphatic rings. The second-order valence-electron chi connectivity index (χ2n) is 7.32. The van der Waals surface area contributed by atoms with Gasteiger partial charge in [0.05, 0.1) is 0 Å². The minimum absolute atomic E-state index is 0.540. The molecule has 0 saturated carbocycles. The Balaban J connectivity index is 1.57. The average Bonchev–Trinajstić information content (AvgIpc) is 3.42. The molecule has 3 aromatic rings. The first-order chi connectivity index (χ1) is 13.3. The molecule has 3 aromatic heterocycles. The van der Waals surface area contributed by atoms with Gasteiger partial charge in [-0.1, -0.05) is 0 Å². The molecule has 0 spiro atoms. The van der Waals surface area contributed by atoms with Crippen LogP contribution in [0.5, 0.6) is 0 Å². The molecule has 0 aliphatic carbocycles. The molecule has 146 valence electrons. The number of aryl methyl sites for hydroxylation is 2. The van der Waals surface area contributed by atoms with Gasteiger partial charge in [0.15, 0.2) is 0 Å². The Morgan fingerprint density at radius 3 is 1.33 bits per heavy atom. The summed E-state index contributed by atoms with van der Waals surface area (Å²) in [7, 11) is 0. The van der Waals surface area contributed by atoms with Crippen molar-refractivity contribution in [1.29, 1.82) is 0 Å². The van der Waals surface area contributed by atoms with Crippen LogP contribution in [0.1, 0.15) is 74.1 Å². The molecule has 0 bridgehead atoms. The van der Waals surface area contributed by atoms with Gasteiger partial charge in [0.2, 0.25) is 0 Å². The fourth-order valence-electron chi connectivity index (χ4n) is 3.34. The normalized spacial score (nSPS) is 11.3. The molecule has 0 saturated heterocycles. The second-order valence-corrected chi connectivity index (χ2v) is 14.5. The van der Waals surface area contributed by atoms with Crippen molar-refractivity contribution < 1.29 is 0 Å². The minimum atomic E-state index is 0.540. The third-order valence-corrected chi connectivity index (χ3v) is 13.6. The van der Waals surface area contributed by atoms with Gasteiger partial charge in [-0.25, -0.2) is 0 Å². The molecule has 0 atom stereocenters. The van der Waals surface area contributed by atoms with Crippen molar-refractivity contribution in [1.82, 2.24) is 0 Å². The van der Waals surface area contributed by atoms with Gasteiger partial charge in [0.25, 0.3) is 0 Å². The Bertz CT molecular complexity index is 725. The topological polar surface area (TPSA) is 0 Å². The van der Waals surface area contributed by atoms with Crippen LogP contribution in [0.25, 0.3) is 17.7 Å². The number of unbranched alkanes of at least 4 members (excludes halogenated alkanes) is 6. The molecule has 0 amide bonds. The summed E-state index contributed by atoms with van der Waals surface area (Å²) < 4.78 is 10.1. The van der Waals surface area contributed by atoms with Gasteiger partial charge in [-0.05, 0) is 0 Å². The fraction of sp³-hybridized carbons (Fsp3) is 0.500. The van der Waals surface area contributed by atoms with E-state index in [1.54, 1.807) is 26.6 Å². The van der Waals surface area contributed by atoms with Crippen LogP contribution >= 0.6 is 0 Å². The van der Waals surface area contributed by atoms with Crippen LogP contribution in [0.15, 0.2) is 36.4 Å². The molecule has 0 aromatic carbocycles. The molecule has 0 radical (unpaired) electrons. The maximum atomic E-state index is 2.44. The van der Waals surface area contributed by atoms with E-state index in [2.05, 4.69) is 50.2 Å². The van der Waals surface area contributed by atoms with E-state index < -0.39 is 0 Å². The Morgan fingerprint density at radius 1 is 0.481 bits per heavy atom. The van der Waals surface area contributed by atoms with Gasteiger partial charge >= 0.3 is 185 Å². The average molecular weight is 557 g/mol. The van der Waals surface area contributed by atoms with Crippen molar-refractivity contribution in [2.24, 2.45) is 0 Å². The third-order valence-electron chi connectivity index (χ3n) is 4.97. The molecule has 0 N–H and O–H groups in total. The zero-order chi connectivity index (χ0) is 18.9. The molecule has 3 rings (SSSR count). The Hall–Kier alpha value is -0.00156. The van der Waals surface area contributed by atoms with E-state index in [4.69, 9.17) is 0 Å². The quantitative estimate of drug-likeness (QED) is 0.178. The summed E-state index contributed by atoms with van der Waals surface area (Å²) in [5.41, 5.74) is 0. The number of hydrogen-bond donors (Lipinski definition) is 0. The van der Waals surface area contributed by atoms with Crippen LogP contribution in [0.2, 0.25) is 0 Å². The monoisotopic (exact) mass is 560 g/mol. The van der Waals surface area contributed by atoms with Crippen molar-refractivity contribution >= 4 is 43.5 Å². The van der Waals surface area contributed by atoms with Crippen LogP contribution in [0.4, 0.5) is 0 Å². The van der Waals surface area contributed by atoms with E-state index in [1.165, 1.54) is 64.2 Å². The summed E-state index contributed by atoms with van der Waals surface area (Å²) in [6.45, 7) is 4.59. The molecule has 3 heteroatoms. The summed E-state index contributed by atoms with van der Waals surface area (Å²) >= 11 is 1.74. The predicted molar refractivity (Wildman–Crippen MR) is 124 cm³/mol. The van der Waals surface area contributed by atoms with Gasteiger partial charge in [0, 0.05) is 0 Å². The Kier molecular flexibility index (Phi) is 9.54. The molecule has 3 heterocycles. The van der Waals surface area contributed by atoms with E-state index in [1.807, 2.05) is 0 Å². The van der Waals surface area contributed by atoms with E-state index in [0.29, 0.717) is 43.5 Å². The van der Waals surface area contributed by atoms with E-state index in [-0.39, 0.29) is 0 Å². The van der Waals surface area contributed by atoms with Crippen molar-refractivity contribution in [3.8, 4) is 17.7 Å². The fourth-order valence-corrected chi connectivity index (χ4v) is 11.0. The van der Waals surface area contributed by atoms with Crippen LogP contribution in [-0.4, -0.2) is 43.5 Å². The van der Waals surface area contributed by atoms with Gasteiger partial charge in [0.1, 0.15) is 0 Å². The second kappa shape index (κ2) is 11.9. The third kappa shape index (κ3) is 6.78. The van der Waals surface area contributed by atoms with Crippen molar-refractivity contribution in [3.63, 3.8) is 0 Å². The number of rotatable bonds is 12. The summed E-state index contributed by atoms with van der Waals surface area (Å²) in [6.07, 6.45) is 13.7. The predicted octanol–water partition coefficient (Wildman–Crippen LogP) is 6.44. The van der Waals surface area contributed by atoms with Crippen molar-refractivity contribution in [3.05, 3.63) is 45.3 Å². The molecule has 0 aliphatic heterocycles. The molecular formula is C24H32Se3. The van der Waals surface area contributed by atoms with E-state index >= 15 is 0 Å². The Labute approximate surface area is 183 Å². The van der Waals surface area contributed by atoms with Crippen LogP contribution in [-0.2, 0) is 12.8 Å². The standard InChI is InChI=1S/C24H32Se3/c1-3-5-7-9-11-19-13-15-21(25-19)23-17-18-24(27-23)22-16-14-20(26-22)12-10-8-6-4-2/h13-18H,3-12H2,1-2H3. The SMILES string of the molecule is CCCCCCc1ccc(-c2ccc(-c3ccc(CCCCCC)[se]3)[se]2)[se]1. The molecule has 0 unspecified atom stereocenters. The van der Waals surface area contributed by atoms with Crippen molar-refractivity contribution in [2.75, 3.05) is 0 Å². The van der Waals surface area contributed by atoms with Crippen LogP contribution in [0.3, 0.4) is 0 Å². The van der Waals surface area contributed by atoms with Gasteiger partial charge in [-0.3, -0.25) is 0 Å². The first kappa shape index (κ1) is 21.7. The first-order valence-electron chi connectivity index (χ1n) is 10.6. The van der Waals surface area contributed by atoms with E-state index in [0.717, 1.165) is 0 Å². The first-order valence-corrected chi connectivity index (χ1v) is 15.7. The number of hydrogen-bond acceptors (Lipinski definition) is 0. The van der Waals surface area contributed by atoms with Crippen molar-refractivity contribution in [2.45, 2.75) is 78.1 Å². The Morgan fingerprint density at radius 2 is 0.889 bits per heavy atom. The molecule has 0 fully saturated rings. The summed E-state index contributed by atoms with van der Waals surface area (Å²) in [6, 6.07) is 14.6. The zero-order valence-electron chi connectivity index (χ0n) is 16.8. The molecule has 27 heavy (non-hydrogen) atoms. The van der Waals surface area contributed by atoms with Crippen LogP contribution < -0.4 is 0 Å². The summed E-state index contributed by atoms with van der Waals surface area (Å²) in [5, 5.41) is 0. The summed E-state index contributed by atoms with van der Waals surface area (Å²) in [5.74, 6) is 0.